The van der Waals surface area contributed by atoms with E-state index in [1.165, 1.54) is 5.56 Å². The van der Waals surface area contributed by atoms with Crippen molar-refractivity contribution in [2.75, 3.05) is 47.1 Å². The van der Waals surface area contributed by atoms with Crippen LogP contribution in [0.4, 0.5) is 0 Å². The van der Waals surface area contributed by atoms with Crippen LogP contribution < -0.4 is 34.9 Å². The van der Waals surface area contributed by atoms with E-state index in [9.17, 15) is 19.5 Å². The maximum Gasteiger partial charge on any atom is 0.257 e. The summed E-state index contributed by atoms with van der Waals surface area (Å²) in [5.41, 5.74) is 3.76. The van der Waals surface area contributed by atoms with Gasteiger partial charge in [0.2, 0.25) is 5.91 Å². The predicted molar refractivity (Wildman–Crippen MR) is 191 cm³/mol. The summed E-state index contributed by atoms with van der Waals surface area (Å²) in [5, 5.41) is 19.6. The lowest BCUT2D eigenvalue weighted by atomic mass is 9.89. The molecule has 4 unspecified atom stereocenters. The second kappa shape index (κ2) is 17.6. The molecule has 2 fully saturated rings. The maximum absolute atomic E-state index is 12.7. The molecule has 3 aromatic rings. The number of nitrogens with zero attached hydrogens (tertiary/aromatic N) is 1. The highest BCUT2D eigenvalue weighted by Gasteiger charge is 2.47. The van der Waals surface area contributed by atoms with E-state index in [0.29, 0.717) is 68.3 Å². The molecule has 3 heterocycles. The first-order valence-electron chi connectivity index (χ1n) is 17.9. The van der Waals surface area contributed by atoms with E-state index in [2.05, 4.69) is 22.0 Å². The van der Waals surface area contributed by atoms with E-state index in [1.807, 2.05) is 42.5 Å². The second-order valence-corrected chi connectivity index (χ2v) is 13.3. The normalized spacial score (nSPS) is 20.5. The quantitative estimate of drug-likeness (QED) is 0.144. The number of carbonyl (C=O) groups excluding carboxylic acids is 3. The van der Waals surface area contributed by atoms with Gasteiger partial charge in [-0.1, -0.05) is 30.3 Å². The third-order valence-corrected chi connectivity index (χ3v) is 9.79. The summed E-state index contributed by atoms with van der Waals surface area (Å²) in [4.78, 5) is 39.3. The number of unbranched alkanes of at least 4 members (excludes halogenated alkanes) is 1. The van der Waals surface area contributed by atoms with Crippen LogP contribution in [0.25, 0.3) is 0 Å². The number of nitrogens with one attached hydrogen (secondary N) is 3. The summed E-state index contributed by atoms with van der Waals surface area (Å²) >= 11 is 0. The van der Waals surface area contributed by atoms with Crippen molar-refractivity contribution in [2.24, 2.45) is 5.92 Å². The Morgan fingerprint density at radius 3 is 2.29 bits per heavy atom. The minimum Gasteiger partial charge on any atom is -0.493 e. The van der Waals surface area contributed by atoms with Crippen LogP contribution in [0.2, 0.25) is 0 Å². The Balaban J connectivity index is 0.833. The number of hydrogen-bond donors (Lipinski definition) is 4. The minimum absolute atomic E-state index is 0.0784. The molecular weight excluding hydrogens is 668 g/mol. The fourth-order valence-electron chi connectivity index (χ4n) is 6.88. The SMILES string of the molecule is COc1ccc(CCCc2cccc(OCC(=O)NCCCCNC(=O)COc3cccc4c3CN(C3CC5COC5NC3=O)C4O)c2)cc1OC. The number of ether oxygens (including phenoxy) is 5. The summed E-state index contributed by atoms with van der Waals surface area (Å²) in [5.74, 6) is 2.22. The molecule has 0 aromatic heterocycles. The summed E-state index contributed by atoms with van der Waals surface area (Å²) in [6, 6.07) is 18.7. The average Bonchev–Trinajstić information content (AvgIpc) is 3.48. The molecule has 13 nitrogen and oxygen atoms in total. The van der Waals surface area contributed by atoms with Crippen LogP contribution in [-0.4, -0.2) is 87.1 Å². The number of hydrogen-bond acceptors (Lipinski definition) is 10. The van der Waals surface area contributed by atoms with Gasteiger partial charge in [-0.3, -0.25) is 19.3 Å². The number of piperidine rings is 1. The van der Waals surface area contributed by atoms with Gasteiger partial charge in [0.1, 0.15) is 24.0 Å². The molecule has 3 aliphatic heterocycles. The van der Waals surface area contributed by atoms with Crippen LogP contribution in [0.1, 0.15) is 54.2 Å². The standard InChI is InChI=1S/C39H48N4O9/c1-48-33-15-14-26(19-34(33)49-2)9-5-8-25-10-6-11-28(18-25)50-23-35(44)40-16-3-4-17-41-36(45)24-51-32-13-7-12-29-30(32)21-43(39(29)47)31-20-27-22-52-38(27)42-37(31)46/h6-7,10-15,18-19,27,31,38-39,47H,3-5,8-9,16-17,20-24H2,1-2H3,(H,40,44)(H,41,45)(H,42,46). The zero-order chi connectivity index (χ0) is 36.5. The van der Waals surface area contributed by atoms with Crippen LogP contribution in [0.5, 0.6) is 23.0 Å². The van der Waals surface area contributed by atoms with Crippen molar-refractivity contribution < 1.29 is 43.2 Å². The van der Waals surface area contributed by atoms with Crippen LogP contribution in [0.3, 0.4) is 0 Å². The van der Waals surface area contributed by atoms with Crippen LogP contribution >= 0.6 is 0 Å². The lowest BCUT2D eigenvalue weighted by Gasteiger charge is -2.45. The Morgan fingerprint density at radius 1 is 0.865 bits per heavy atom. The molecule has 3 aromatic carbocycles. The van der Waals surface area contributed by atoms with E-state index in [-0.39, 0.29) is 43.1 Å². The molecule has 0 bridgehead atoms. The highest BCUT2D eigenvalue weighted by molar-refractivity contribution is 5.83. The third-order valence-electron chi connectivity index (χ3n) is 9.79. The number of rotatable bonds is 18. The van der Waals surface area contributed by atoms with Gasteiger partial charge in [-0.25, -0.2) is 0 Å². The van der Waals surface area contributed by atoms with Crippen molar-refractivity contribution in [1.82, 2.24) is 20.9 Å². The van der Waals surface area contributed by atoms with Gasteiger partial charge >= 0.3 is 0 Å². The summed E-state index contributed by atoms with van der Waals surface area (Å²) in [6.45, 7) is 1.60. The van der Waals surface area contributed by atoms with Crippen molar-refractivity contribution in [3.05, 3.63) is 82.9 Å². The summed E-state index contributed by atoms with van der Waals surface area (Å²) < 4.78 is 27.7. The van der Waals surface area contributed by atoms with Gasteiger partial charge in [-0.05, 0) is 80.0 Å². The van der Waals surface area contributed by atoms with Crippen molar-refractivity contribution >= 4 is 17.7 Å². The van der Waals surface area contributed by atoms with Gasteiger partial charge in [0.05, 0.1) is 26.9 Å². The van der Waals surface area contributed by atoms with Gasteiger partial charge in [-0.15, -0.1) is 0 Å². The predicted octanol–water partition coefficient (Wildman–Crippen LogP) is 3.02. The molecule has 4 N–H and O–H groups in total. The van der Waals surface area contributed by atoms with Crippen molar-refractivity contribution in [2.45, 2.75) is 63.6 Å². The molecule has 13 heteroatoms. The average molecular weight is 717 g/mol. The molecule has 0 radical (unpaired) electrons. The smallest absolute Gasteiger partial charge is 0.257 e. The zero-order valence-corrected chi connectivity index (χ0v) is 29.7. The number of methoxy groups -OCH3 is 2. The number of aliphatic hydroxyl groups excluding tert-OH is 1. The number of aliphatic hydroxyl groups is 1. The Kier molecular flexibility index (Phi) is 12.5. The molecule has 0 saturated carbocycles. The molecule has 3 amide bonds. The number of fused-ring (bicyclic) bond motifs is 2. The molecular formula is C39H48N4O9. The van der Waals surface area contributed by atoms with E-state index in [0.717, 1.165) is 36.1 Å². The van der Waals surface area contributed by atoms with Crippen molar-refractivity contribution in [1.29, 1.82) is 0 Å². The first-order valence-corrected chi connectivity index (χ1v) is 17.9. The molecule has 3 aliphatic rings. The maximum atomic E-state index is 12.7. The van der Waals surface area contributed by atoms with Crippen LogP contribution in [0.15, 0.2) is 60.7 Å². The molecule has 6 rings (SSSR count). The van der Waals surface area contributed by atoms with Gasteiger partial charge in [0.15, 0.2) is 24.7 Å². The van der Waals surface area contributed by atoms with Crippen molar-refractivity contribution in [3.8, 4) is 23.0 Å². The van der Waals surface area contributed by atoms with Gasteiger partial charge in [-0.2, -0.15) is 0 Å². The number of benzene rings is 3. The van der Waals surface area contributed by atoms with Gasteiger partial charge < -0.3 is 44.7 Å². The Labute approximate surface area is 303 Å². The summed E-state index contributed by atoms with van der Waals surface area (Å²) in [7, 11) is 3.26. The number of aryl methyl sites for hydroxylation is 2. The monoisotopic (exact) mass is 716 g/mol. The van der Waals surface area contributed by atoms with Crippen molar-refractivity contribution in [3.63, 3.8) is 0 Å². The fraction of sp³-hybridized carbons (Fsp3) is 0.462. The highest BCUT2D eigenvalue weighted by Crippen LogP contribution is 2.41. The zero-order valence-electron chi connectivity index (χ0n) is 29.7. The highest BCUT2D eigenvalue weighted by atomic mass is 16.5. The molecule has 52 heavy (non-hydrogen) atoms. The molecule has 0 aliphatic carbocycles. The molecule has 2 saturated heterocycles. The number of carbonyl (C=O) groups is 3. The first kappa shape index (κ1) is 36.9. The fourth-order valence-corrected chi connectivity index (χ4v) is 6.88. The third kappa shape index (κ3) is 9.14. The number of amides is 3. The van der Waals surface area contributed by atoms with Gasteiger partial charge in [0, 0.05) is 36.7 Å². The topological polar surface area (TPSA) is 157 Å². The lowest BCUT2D eigenvalue weighted by molar-refractivity contribution is -0.181. The summed E-state index contributed by atoms with van der Waals surface area (Å²) in [6.07, 6.45) is 3.54. The Hall–Kier alpha value is -4.85. The van der Waals surface area contributed by atoms with Crippen LogP contribution in [-0.2, 0) is 38.5 Å². The Bertz CT molecular complexity index is 1720. The van der Waals surface area contributed by atoms with E-state index >= 15 is 0 Å². The van der Waals surface area contributed by atoms with E-state index < -0.39 is 12.3 Å². The lowest BCUT2D eigenvalue weighted by Crippen LogP contribution is -2.63. The van der Waals surface area contributed by atoms with E-state index in [4.69, 9.17) is 23.7 Å². The molecule has 4 atom stereocenters. The van der Waals surface area contributed by atoms with Gasteiger partial charge in [0.25, 0.3) is 11.8 Å². The molecule has 278 valence electrons. The van der Waals surface area contributed by atoms with E-state index in [1.54, 1.807) is 31.3 Å². The second-order valence-electron chi connectivity index (χ2n) is 13.3. The Morgan fingerprint density at radius 2 is 1.58 bits per heavy atom. The first-order chi connectivity index (χ1) is 25.3. The molecule has 0 spiro atoms. The minimum atomic E-state index is -0.934. The van der Waals surface area contributed by atoms with Crippen LogP contribution in [0, 0.1) is 5.92 Å². The largest absolute Gasteiger partial charge is 0.493 e.